The summed E-state index contributed by atoms with van der Waals surface area (Å²) in [6, 6.07) is 3.35. The first-order valence-corrected chi connectivity index (χ1v) is 11.0. The van der Waals surface area contributed by atoms with Crippen LogP contribution in [0.4, 0.5) is 11.5 Å². The molecule has 0 saturated carbocycles. The Balaban J connectivity index is 1.90. The van der Waals surface area contributed by atoms with E-state index in [4.69, 9.17) is 44.8 Å². The van der Waals surface area contributed by atoms with Gasteiger partial charge in [0.15, 0.2) is 5.16 Å². The number of fused-ring (bicyclic) bond motifs is 3. The van der Waals surface area contributed by atoms with Gasteiger partial charge in [0.2, 0.25) is 0 Å². The minimum Gasteiger partial charge on any atom is -0.337 e. The van der Waals surface area contributed by atoms with Gasteiger partial charge in [0.25, 0.3) is 0 Å². The summed E-state index contributed by atoms with van der Waals surface area (Å²) in [5.74, 6) is 0.764. The maximum absolute atomic E-state index is 6.35. The number of nitrogens with one attached hydrogen (secondary N) is 1. The summed E-state index contributed by atoms with van der Waals surface area (Å²) >= 11 is 22.0. The molecule has 0 fully saturated rings. The van der Waals surface area contributed by atoms with Crippen molar-refractivity contribution < 1.29 is 0 Å². The van der Waals surface area contributed by atoms with E-state index < -0.39 is 0 Å². The molecule has 130 valence electrons. The second kappa shape index (κ2) is 7.12. The van der Waals surface area contributed by atoms with Gasteiger partial charge >= 0.3 is 0 Å². The maximum Gasteiger partial charge on any atom is 0.190 e. The number of hydrogen-bond acceptors (Lipinski definition) is 5. The lowest BCUT2D eigenvalue weighted by molar-refractivity contribution is 0.700. The van der Waals surface area contributed by atoms with Crippen LogP contribution in [0.2, 0.25) is 15.1 Å². The van der Waals surface area contributed by atoms with Crippen molar-refractivity contribution in [2.45, 2.75) is 30.8 Å². The Hall–Kier alpha value is -0.720. The number of benzene rings is 1. The van der Waals surface area contributed by atoms with Crippen molar-refractivity contribution in [3.05, 3.63) is 37.6 Å². The summed E-state index contributed by atoms with van der Waals surface area (Å²) in [7, 11) is 0. The number of aromatic nitrogens is 2. The molecule has 0 atom stereocenters. The zero-order chi connectivity index (χ0) is 17.6. The number of thiophene rings is 1. The van der Waals surface area contributed by atoms with E-state index in [0.717, 1.165) is 34.0 Å². The number of nitrogens with zero attached hydrogens (tertiary/aromatic N) is 2. The van der Waals surface area contributed by atoms with Gasteiger partial charge in [0.05, 0.1) is 21.1 Å². The van der Waals surface area contributed by atoms with E-state index in [2.05, 4.69) is 5.32 Å². The Labute approximate surface area is 169 Å². The fraction of sp³-hybridized carbons (Fsp3) is 0.294. The average Bonchev–Trinajstić information content (AvgIpc) is 2.96. The Morgan fingerprint density at radius 3 is 2.52 bits per heavy atom. The lowest BCUT2D eigenvalue weighted by atomic mass is 9.97. The summed E-state index contributed by atoms with van der Waals surface area (Å²) in [6.07, 6.45) is 6.59. The smallest absolute Gasteiger partial charge is 0.190 e. The first-order chi connectivity index (χ1) is 12.1. The zero-order valence-electron chi connectivity index (χ0n) is 13.3. The highest BCUT2D eigenvalue weighted by Gasteiger charge is 2.22. The lowest BCUT2D eigenvalue weighted by Gasteiger charge is -2.14. The topological polar surface area (TPSA) is 37.8 Å². The molecule has 1 aliphatic rings. The van der Waals surface area contributed by atoms with Crippen LogP contribution < -0.4 is 5.32 Å². The number of thioether (sulfide) groups is 1. The second-order valence-electron chi connectivity index (χ2n) is 5.82. The molecule has 0 spiro atoms. The van der Waals surface area contributed by atoms with E-state index in [1.54, 1.807) is 23.5 Å². The van der Waals surface area contributed by atoms with E-state index in [-0.39, 0.29) is 0 Å². The Bertz CT molecular complexity index is 948. The van der Waals surface area contributed by atoms with Gasteiger partial charge in [0.1, 0.15) is 10.6 Å². The van der Waals surface area contributed by atoms with Crippen LogP contribution in [0.3, 0.4) is 0 Å². The van der Waals surface area contributed by atoms with Crippen LogP contribution in [0, 0.1) is 0 Å². The van der Waals surface area contributed by atoms with Crippen LogP contribution in [0.5, 0.6) is 0 Å². The molecule has 1 aromatic carbocycles. The van der Waals surface area contributed by atoms with E-state index in [0.29, 0.717) is 20.8 Å². The van der Waals surface area contributed by atoms with Crippen LogP contribution in [0.15, 0.2) is 17.3 Å². The lowest BCUT2D eigenvalue weighted by Crippen LogP contribution is -2.02. The average molecular weight is 431 g/mol. The summed E-state index contributed by atoms with van der Waals surface area (Å²) < 4.78 is 0. The molecule has 8 heteroatoms. The van der Waals surface area contributed by atoms with Crippen LogP contribution >= 0.6 is 57.9 Å². The van der Waals surface area contributed by atoms with Gasteiger partial charge in [-0.2, -0.15) is 0 Å². The number of anilines is 2. The summed E-state index contributed by atoms with van der Waals surface area (Å²) in [5, 5.41) is 6.62. The highest BCUT2D eigenvalue weighted by Crippen LogP contribution is 2.42. The molecule has 2 heterocycles. The number of rotatable bonds is 3. The van der Waals surface area contributed by atoms with Gasteiger partial charge in [-0.3, -0.25) is 0 Å². The molecule has 3 nitrogen and oxygen atoms in total. The first kappa shape index (κ1) is 17.7. The number of hydrogen-bond donors (Lipinski definition) is 1. The van der Waals surface area contributed by atoms with E-state index in [9.17, 15) is 0 Å². The molecule has 3 aromatic rings. The molecule has 0 radical (unpaired) electrons. The predicted molar refractivity (Wildman–Crippen MR) is 111 cm³/mol. The van der Waals surface area contributed by atoms with Gasteiger partial charge in [-0.1, -0.05) is 46.6 Å². The Morgan fingerprint density at radius 2 is 1.80 bits per heavy atom. The minimum absolute atomic E-state index is 0.471. The third-order valence-corrected chi connectivity index (χ3v) is 6.77. The van der Waals surface area contributed by atoms with Crippen LogP contribution in [0.1, 0.15) is 23.3 Å². The molecule has 0 amide bonds. The summed E-state index contributed by atoms with van der Waals surface area (Å²) in [5.41, 5.74) is 1.98. The van der Waals surface area contributed by atoms with Crippen molar-refractivity contribution in [2.24, 2.45) is 0 Å². The molecule has 4 rings (SSSR count). The van der Waals surface area contributed by atoms with Crippen molar-refractivity contribution >= 4 is 79.6 Å². The molecular formula is C17H14Cl3N3S2. The van der Waals surface area contributed by atoms with Gasteiger partial charge in [-0.05, 0) is 49.6 Å². The SMILES string of the molecule is CSc1nc(Nc2c(Cl)cc(Cl)cc2Cl)c2c3c(sc2n1)CCCC3. The molecule has 0 saturated heterocycles. The normalized spacial score (nSPS) is 13.9. The maximum atomic E-state index is 6.35. The standard InChI is InChI=1S/C17H14Cl3N3S2/c1-24-17-22-15(21-14-10(19)6-8(18)7-11(14)20)13-9-4-2-3-5-12(9)25-16(13)23-17/h6-7H,2-5H2,1H3,(H,21,22,23). The molecular weight excluding hydrogens is 417 g/mol. The van der Waals surface area contributed by atoms with Crippen molar-refractivity contribution in [2.75, 3.05) is 11.6 Å². The molecule has 1 aliphatic carbocycles. The van der Waals surface area contributed by atoms with Gasteiger partial charge in [0, 0.05) is 9.90 Å². The zero-order valence-corrected chi connectivity index (χ0v) is 17.2. The Morgan fingerprint density at radius 1 is 1.08 bits per heavy atom. The summed E-state index contributed by atoms with van der Waals surface area (Å²) in [6.45, 7) is 0. The Kier molecular flexibility index (Phi) is 5.04. The quantitative estimate of drug-likeness (QED) is 0.359. The molecule has 1 N–H and O–H groups in total. The van der Waals surface area contributed by atoms with Gasteiger partial charge in [-0.25, -0.2) is 9.97 Å². The van der Waals surface area contributed by atoms with Crippen LogP contribution in [-0.2, 0) is 12.8 Å². The highest BCUT2D eigenvalue weighted by molar-refractivity contribution is 7.98. The van der Waals surface area contributed by atoms with E-state index in [1.165, 1.54) is 35.0 Å². The first-order valence-electron chi connectivity index (χ1n) is 7.84. The molecule has 0 bridgehead atoms. The fourth-order valence-corrected chi connectivity index (χ4v) is 5.70. The second-order valence-corrected chi connectivity index (χ2v) is 8.93. The largest absolute Gasteiger partial charge is 0.337 e. The third-order valence-electron chi connectivity index (χ3n) is 4.23. The van der Waals surface area contributed by atoms with Crippen LogP contribution in [0.25, 0.3) is 10.2 Å². The fourth-order valence-electron chi connectivity index (χ4n) is 3.10. The molecule has 25 heavy (non-hydrogen) atoms. The van der Waals surface area contributed by atoms with Gasteiger partial charge in [-0.15, -0.1) is 11.3 Å². The van der Waals surface area contributed by atoms with Gasteiger partial charge < -0.3 is 5.32 Å². The van der Waals surface area contributed by atoms with Crippen molar-refractivity contribution in [1.29, 1.82) is 0 Å². The van der Waals surface area contributed by atoms with Crippen LogP contribution in [-0.4, -0.2) is 16.2 Å². The van der Waals surface area contributed by atoms with Crippen molar-refractivity contribution in [1.82, 2.24) is 9.97 Å². The minimum atomic E-state index is 0.471. The monoisotopic (exact) mass is 429 g/mol. The van der Waals surface area contributed by atoms with Crippen molar-refractivity contribution in [3.63, 3.8) is 0 Å². The van der Waals surface area contributed by atoms with Crippen molar-refractivity contribution in [3.8, 4) is 0 Å². The van der Waals surface area contributed by atoms with E-state index >= 15 is 0 Å². The highest BCUT2D eigenvalue weighted by atomic mass is 35.5. The predicted octanol–water partition coefficient (Wildman–Crippen LogP) is 7.00. The third kappa shape index (κ3) is 3.33. The molecule has 0 unspecified atom stereocenters. The number of halogens is 3. The molecule has 0 aliphatic heterocycles. The summed E-state index contributed by atoms with van der Waals surface area (Å²) in [4.78, 5) is 11.8. The number of aryl methyl sites for hydroxylation is 2. The molecule has 2 aromatic heterocycles. The van der Waals surface area contributed by atoms with E-state index in [1.807, 2.05) is 6.26 Å².